The molecule has 1 aliphatic rings. The maximum absolute atomic E-state index is 11.7. The third kappa shape index (κ3) is 3.97. The Morgan fingerprint density at radius 1 is 1.12 bits per heavy atom. The largest absolute Gasteiger partial charge is 0.491 e. The average molecular weight is 329 g/mol. The summed E-state index contributed by atoms with van der Waals surface area (Å²) in [6.07, 6.45) is 2.59. The second-order valence-corrected chi connectivity index (χ2v) is 7.24. The van der Waals surface area contributed by atoms with Gasteiger partial charge in [-0.3, -0.25) is 4.79 Å². The molecule has 0 aromatic heterocycles. The minimum absolute atomic E-state index is 0.159. The zero-order valence-corrected chi connectivity index (χ0v) is 15.6. The number of rotatable bonds is 6. The van der Waals surface area contributed by atoms with Crippen LogP contribution in [0.3, 0.4) is 0 Å². The van der Waals surface area contributed by atoms with E-state index in [4.69, 9.17) is 9.31 Å². The molecule has 0 atom stereocenters. The Labute approximate surface area is 145 Å². The normalized spacial score (nSPS) is 19.6. The van der Waals surface area contributed by atoms with Crippen LogP contribution in [0.25, 0.3) is 6.08 Å². The lowest BCUT2D eigenvalue weighted by atomic mass is 9.77. The molecule has 0 bridgehead atoms. The second-order valence-electron chi connectivity index (χ2n) is 7.24. The summed E-state index contributed by atoms with van der Waals surface area (Å²) in [5, 5.41) is 3.18. The van der Waals surface area contributed by atoms with Gasteiger partial charge in [0, 0.05) is 18.5 Å². The number of nitrogens with one attached hydrogen (secondary N) is 1. The van der Waals surface area contributed by atoms with E-state index in [2.05, 4.69) is 39.1 Å². The first-order chi connectivity index (χ1) is 11.2. The predicted molar refractivity (Wildman–Crippen MR) is 99.0 cm³/mol. The van der Waals surface area contributed by atoms with Crippen molar-refractivity contribution in [1.82, 2.24) is 5.32 Å². The van der Waals surface area contributed by atoms with Crippen LogP contribution in [0.1, 0.15) is 57.0 Å². The molecule has 0 unspecified atom stereocenters. The summed E-state index contributed by atoms with van der Waals surface area (Å²) in [6.45, 7) is 10.8. The molecule has 1 aromatic rings. The number of hydrogen-bond donors (Lipinski definition) is 1. The Kier molecular flexibility index (Phi) is 5.69. The van der Waals surface area contributed by atoms with Crippen molar-refractivity contribution >= 4 is 19.0 Å². The topological polar surface area (TPSA) is 47.6 Å². The van der Waals surface area contributed by atoms with Crippen LogP contribution in [-0.4, -0.2) is 37.7 Å². The van der Waals surface area contributed by atoms with Crippen molar-refractivity contribution in [2.24, 2.45) is 0 Å². The molecule has 1 heterocycles. The van der Waals surface area contributed by atoms with Crippen molar-refractivity contribution in [1.29, 1.82) is 0 Å². The molecule has 0 aliphatic carbocycles. The molecule has 5 heteroatoms. The molecule has 1 N–H and O–H groups in total. The van der Waals surface area contributed by atoms with Gasteiger partial charge in [0.15, 0.2) is 5.78 Å². The molecule has 0 amide bonds. The van der Waals surface area contributed by atoms with Gasteiger partial charge in [0.1, 0.15) is 0 Å². The van der Waals surface area contributed by atoms with Crippen LogP contribution in [-0.2, 0) is 9.31 Å². The molecule has 1 aromatic carbocycles. The van der Waals surface area contributed by atoms with Gasteiger partial charge in [-0.2, -0.15) is 0 Å². The number of carbonyl (C=O) groups excluding carboxylic acids is 1. The van der Waals surface area contributed by atoms with E-state index in [1.807, 2.05) is 38.2 Å². The smallest absolute Gasteiger partial charge is 0.400 e. The third-order valence-electron chi connectivity index (χ3n) is 4.84. The van der Waals surface area contributed by atoms with Gasteiger partial charge in [-0.25, -0.2) is 0 Å². The van der Waals surface area contributed by atoms with Gasteiger partial charge in [0.25, 0.3) is 0 Å². The molecule has 1 aliphatic heterocycles. The number of carbonyl (C=O) groups is 1. The average Bonchev–Trinajstić information content (AvgIpc) is 2.75. The quantitative estimate of drug-likeness (QED) is 0.641. The Hall–Kier alpha value is -1.43. The lowest BCUT2D eigenvalue weighted by Crippen LogP contribution is -2.41. The Bertz CT molecular complexity index is 604. The second kappa shape index (κ2) is 7.22. The van der Waals surface area contributed by atoms with Crippen molar-refractivity contribution < 1.29 is 14.1 Å². The van der Waals surface area contributed by atoms with Crippen molar-refractivity contribution in [3.05, 3.63) is 40.9 Å². The Morgan fingerprint density at radius 3 is 2.12 bits per heavy atom. The van der Waals surface area contributed by atoms with Gasteiger partial charge >= 0.3 is 7.12 Å². The standard InChI is InChI=1S/C19H28BNO3/c1-7-17(22)15-10-8-14(9-11-15)12-16(13-21-6)20-23-18(2,3)19(4,5)24-20/h8-12,21H,7,13H2,1-6H3. The van der Waals surface area contributed by atoms with Gasteiger partial charge in [0.2, 0.25) is 0 Å². The Morgan fingerprint density at radius 2 is 1.67 bits per heavy atom. The van der Waals surface area contributed by atoms with Crippen molar-refractivity contribution in [3.63, 3.8) is 0 Å². The van der Waals surface area contributed by atoms with E-state index in [1.54, 1.807) is 0 Å². The van der Waals surface area contributed by atoms with Crippen molar-refractivity contribution in [2.75, 3.05) is 13.6 Å². The molecule has 0 spiro atoms. The van der Waals surface area contributed by atoms with Crippen molar-refractivity contribution in [3.8, 4) is 0 Å². The highest BCUT2D eigenvalue weighted by atomic mass is 16.7. The number of ketones is 1. The van der Waals surface area contributed by atoms with E-state index in [9.17, 15) is 4.79 Å². The van der Waals surface area contributed by atoms with E-state index in [-0.39, 0.29) is 24.1 Å². The molecule has 1 fully saturated rings. The molecule has 2 rings (SSSR count). The molecule has 1 saturated heterocycles. The van der Waals surface area contributed by atoms with Crippen LogP contribution in [0.15, 0.2) is 29.7 Å². The summed E-state index contributed by atoms with van der Waals surface area (Å²) in [5.41, 5.74) is 2.10. The van der Waals surface area contributed by atoms with Crippen LogP contribution in [0, 0.1) is 0 Å². The zero-order chi connectivity index (χ0) is 18.0. The zero-order valence-electron chi connectivity index (χ0n) is 15.6. The van der Waals surface area contributed by atoms with E-state index in [0.717, 1.165) is 16.6 Å². The summed E-state index contributed by atoms with van der Waals surface area (Å²) in [4.78, 5) is 11.7. The number of likely N-dealkylation sites (N-methyl/N-ethyl adjacent to an activating group) is 1. The SMILES string of the molecule is CCC(=O)c1ccc(C=C(CNC)B2OC(C)(C)C(C)(C)O2)cc1. The lowest BCUT2D eigenvalue weighted by Gasteiger charge is -2.32. The van der Waals surface area contributed by atoms with Crippen LogP contribution in [0.4, 0.5) is 0 Å². The lowest BCUT2D eigenvalue weighted by molar-refractivity contribution is 0.00578. The van der Waals surface area contributed by atoms with Crippen LogP contribution in [0.5, 0.6) is 0 Å². The minimum atomic E-state index is -0.376. The first kappa shape index (κ1) is 18.9. The van der Waals surface area contributed by atoms with E-state index >= 15 is 0 Å². The monoisotopic (exact) mass is 329 g/mol. The maximum Gasteiger partial charge on any atom is 0.491 e. The first-order valence-electron chi connectivity index (χ1n) is 8.54. The van der Waals surface area contributed by atoms with Crippen LogP contribution < -0.4 is 5.32 Å². The van der Waals surface area contributed by atoms with Crippen molar-refractivity contribution in [2.45, 2.75) is 52.2 Å². The van der Waals surface area contributed by atoms with Crippen LogP contribution in [0.2, 0.25) is 0 Å². The molecule has 24 heavy (non-hydrogen) atoms. The molecule has 0 radical (unpaired) electrons. The fourth-order valence-electron chi connectivity index (χ4n) is 2.58. The number of benzene rings is 1. The number of Topliss-reactive ketones (excluding diaryl/α,β-unsaturated/α-hetero) is 1. The molecular weight excluding hydrogens is 301 g/mol. The van der Waals surface area contributed by atoms with Crippen LogP contribution >= 0.6 is 0 Å². The van der Waals surface area contributed by atoms with Gasteiger partial charge in [0.05, 0.1) is 11.2 Å². The highest BCUT2D eigenvalue weighted by Gasteiger charge is 2.52. The van der Waals surface area contributed by atoms with Gasteiger partial charge in [-0.1, -0.05) is 37.3 Å². The number of hydrogen-bond acceptors (Lipinski definition) is 4. The fourth-order valence-corrected chi connectivity index (χ4v) is 2.58. The summed E-state index contributed by atoms with van der Waals surface area (Å²) in [6, 6.07) is 7.67. The highest BCUT2D eigenvalue weighted by Crippen LogP contribution is 2.38. The summed E-state index contributed by atoms with van der Waals surface area (Å²) in [7, 11) is 1.53. The van der Waals surface area contributed by atoms with Gasteiger partial charge in [-0.05, 0) is 45.8 Å². The summed E-state index contributed by atoms with van der Waals surface area (Å²) in [5.74, 6) is 0.159. The molecule has 130 valence electrons. The van der Waals surface area contributed by atoms with E-state index in [1.165, 1.54) is 0 Å². The van der Waals surface area contributed by atoms with Gasteiger partial charge in [-0.15, -0.1) is 0 Å². The predicted octanol–water partition coefficient (Wildman–Crippen LogP) is 3.51. The van der Waals surface area contributed by atoms with E-state index < -0.39 is 0 Å². The summed E-state index contributed by atoms with van der Waals surface area (Å²) >= 11 is 0. The molecular formula is C19H28BNO3. The maximum atomic E-state index is 11.7. The van der Waals surface area contributed by atoms with E-state index in [0.29, 0.717) is 13.0 Å². The Balaban J connectivity index is 2.24. The minimum Gasteiger partial charge on any atom is -0.400 e. The third-order valence-corrected chi connectivity index (χ3v) is 4.84. The molecule has 0 saturated carbocycles. The van der Waals surface area contributed by atoms with Gasteiger partial charge < -0.3 is 14.6 Å². The summed E-state index contributed by atoms with van der Waals surface area (Å²) < 4.78 is 12.3. The first-order valence-corrected chi connectivity index (χ1v) is 8.54. The highest BCUT2D eigenvalue weighted by molar-refractivity contribution is 6.55. The fraction of sp³-hybridized carbons (Fsp3) is 0.526. The molecule has 4 nitrogen and oxygen atoms in total.